The van der Waals surface area contributed by atoms with Gasteiger partial charge in [-0.2, -0.15) is 0 Å². The van der Waals surface area contributed by atoms with Crippen LogP contribution in [0.2, 0.25) is 0 Å². The van der Waals surface area contributed by atoms with E-state index in [-0.39, 0.29) is 11.8 Å². The molecule has 0 radical (unpaired) electrons. The van der Waals surface area contributed by atoms with Gasteiger partial charge in [0.2, 0.25) is 5.91 Å². The minimum Gasteiger partial charge on any atom is -0.497 e. The largest absolute Gasteiger partial charge is 0.497 e. The molecule has 3 rings (SSSR count). The Labute approximate surface area is 181 Å². The Morgan fingerprint density at radius 2 is 1.65 bits per heavy atom. The number of amides is 2. The Morgan fingerprint density at radius 1 is 1.00 bits per heavy atom. The summed E-state index contributed by atoms with van der Waals surface area (Å²) in [7, 11) is 4.97. The molecular formula is C23H26N4O4. The lowest BCUT2D eigenvalue weighted by Gasteiger charge is -2.23. The Hall–Kier alpha value is -3.81. The maximum Gasteiger partial charge on any atom is 0.251 e. The Balaban J connectivity index is 1.85. The maximum absolute atomic E-state index is 13.0. The summed E-state index contributed by atoms with van der Waals surface area (Å²) in [5.74, 6) is 1.14. The van der Waals surface area contributed by atoms with Gasteiger partial charge in [-0.15, -0.1) is 0 Å². The molecule has 0 aliphatic carbocycles. The maximum atomic E-state index is 13.0. The molecule has 31 heavy (non-hydrogen) atoms. The molecule has 162 valence electrons. The van der Waals surface area contributed by atoms with E-state index in [1.165, 1.54) is 0 Å². The van der Waals surface area contributed by atoms with E-state index in [1.807, 2.05) is 29.8 Å². The molecular weight excluding hydrogens is 396 g/mol. The molecule has 2 aromatic carbocycles. The molecule has 8 nitrogen and oxygen atoms in total. The molecule has 1 heterocycles. The first-order chi connectivity index (χ1) is 14.9. The number of hydrogen-bond donors (Lipinski definition) is 2. The summed E-state index contributed by atoms with van der Waals surface area (Å²) < 4.78 is 12.6. The summed E-state index contributed by atoms with van der Waals surface area (Å²) in [6.45, 7) is 1.64. The predicted molar refractivity (Wildman–Crippen MR) is 116 cm³/mol. The van der Waals surface area contributed by atoms with E-state index >= 15 is 0 Å². The average molecular weight is 422 g/mol. The Morgan fingerprint density at radius 3 is 2.19 bits per heavy atom. The fraction of sp³-hybridized carbons (Fsp3) is 0.261. The predicted octanol–water partition coefficient (Wildman–Crippen LogP) is 2.46. The van der Waals surface area contributed by atoms with Gasteiger partial charge in [0.25, 0.3) is 5.91 Å². The molecule has 0 aliphatic heterocycles. The van der Waals surface area contributed by atoms with Gasteiger partial charge in [0.15, 0.2) is 0 Å². The number of carbonyl (C=O) groups is 2. The van der Waals surface area contributed by atoms with E-state index in [2.05, 4.69) is 15.6 Å². The van der Waals surface area contributed by atoms with Gasteiger partial charge in [0.05, 0.1) is 14.2 Å². The van der Waals surface area contributed by atoms with E-state index < -0.39 is 12.1 Å². The molecule has 0 saturated carbocycles. The van der Waals surface area contributed by atoms with Crippen molar-refractivity contribution >= 4 is 11.8 Å². The number of aryl methyl sites for hydroxylation is 1. The smallest absolute Gasteiger partial charge is 0.251 e. The second-order valence-corrected chi connectivity index (χ2v) is 7.05. The van der Waals surface area contributed by atoms with Gasteiger partial charge in [-0.1, -0.05) is 18.2 Å². The van der Waals surface area contributed by atoms with Crippen molar-refractivity contribution in [2.75, 3.05) is 14.2 Å². The molecule has 0 bridgehead atoms. The van der Waals surface area contributed by atoms with Crippen LogP contribution in [0.5, 0.6) is 11.5 Å². The van der Waals surface area contributed by atoms with E-state index in [0.29, 0.717) is 22.9 Å². The highest BCUT2D eigenvalue weighted by atomic mass is 16.5. The lowest BCUT2D eigenvalue weighted by atomic mass is 10.0. The fourth-order valence-electron chi connectivity index (χ4n) is 3.15. The number of methoxy groups -OCH3 is 2. The standard InChI is InChI=1S/C23H26N4O4/c1-15(25-23(29)16-8-6-5-7-9-16)22(28)26-20(21-24-10-11-27(21)2)17-12-18(30-3)14-19(13-17)31-4/h5-15,20H,1-4H3,(H,25,29)(H,26,28)/t15-,20-/m1/s1. The summed E-state index contributed by atoms with van der Waals surface area (Å²) in [5.41, 5.74) is 1.22. The summed E-state index contributed by atoms with van der Waals surface area (Å²) in [4.78, 5) is 29.8. The fourth-order valence-corrected chi connectivity index (χ4v) is 3.15. The molecule has 0 unspecified atom stereocenters. The topological polar surface area (TPSA) is 94.5 Å². The van der Waals surface area contributed by atoms with Crippen LogP contribution in [0.15, 0.2) is 60.9 Å². The minimum atomic E-state index is -0.761. The Bertz CT molecular complexity index is 1030. The highest BCUT2D eigenvalue weighted by Gasteiger charge is 2.25. The van der Waals surface area contributed by atoms with Crippen molar-refractivity contribution in [1.82, 2.24) is 20.2 Å². The summed E-state index contributed by atoms with van der Waals surface area (Å²) >= 11 is 0. The second kappa shape index (κ2) is 9.80. The van der Waals surface area contributed by atoms with Gasteiger partial charge in [-0.3, -0.25) is 9.59 Å². The van der Waals surface area contributed by atoms with E-state index in [9.17, 15) is 9.59 Å². The summed E-state index contributed by atoms with van der Waals surface area (Å²) in [5, 5.41) is 5.72. The molecule has 2 N–H and O–H groups in total. The molecule has 1 aromatic heterocycles. The zero-order valence-electron chi connectivity index (χ0n) is 18.0. The van der Waals surface area contributed by atoms with Gasteiger partial charge >= 0.3 is 0 Å². The highest BCUT2D eigenvalue weighted by Crippen LogP contribution is 2.29. The zero-order chi connectivity index (χ0) is 22.4. The molecule has 2 atom stereocenters. The van der Waals surface area contributed by atoms with Gasteiger partial charge in [-0.05, 0) is 36.8 Å². The van der Waals surface area contributed by atoms with Gasteiger partial charge in [-0.25, -0.2) is 4.98 Å². The van der Waals surface area contributed by atoms with Crippen molar-refractivity contribution in [1.29, 1.82) is 0 Å². The molecule has 3 aromatic rings. The summed E-state index contributed by atoms with van der Waals surface area (Å²) in [6, 6.07) is 12.8. The average Bonchev–Trinajstić information content (AvgIpc) is 3.22. The number of benzene rings is 2. The van der Waals surface area contributed by atoms with Crippen LogP contribution in [0.4, 0.5) is 0 Å². The van der Waals surface area contributed by atoms with Crippen LogP contribution in [0, 0.1) is 0 Å². The first-order valence-electron chi connectivity index (χ1n) is 9.79. The molecule has 0 fully saturated rings. The zero-order valence-corrected chi connectivity index (χ0v) is 18.0. The molecule has 2 amide bonds. The normalized spacial score (nSPS) is 12.5. The third-order valence-electron chi connectivity index (χ3n) is 4.89. The number of nitrogens with one attached hydrogen (secondary N) is 2. The SMILES string of the molecule is COc1cc(OC)cc([C@@H](NC(=O)[C@@H](C)NC(=O)c2ccccc2)c2nccn2C)c1. The van der Waals surface area contributed by atoms with Gasteiger partial charge in [0, 0.05) is 31.1 Å². The van der Waals surface area contributed by atoms with E-state index in [0.717, 1.165) is 5.56 Å². The molecule has 0 spiro atoms. The second-order valence-electron chi connectivity index (χ2n) is 7.05. The van der Waals surface area contributed by atoms with Crippen LogP contribution in [0.3, 0.4) is 0 Å². The minimum absolute atomic E-state index is 0.320. The van der Waals surface area contributed by atoms with E-state index in [1.54, 1.807) is 63.9 Å². The number of aromatic nitrogens is 2. The lowest BCUT2D eigenvalue weighted by molar-refractivity contribution is -0.123. The number of ether oxygens (including phenoxy) is 2. The highest BCUT2D eigenvalue weighted by molar-refractivity contribution is 5.97. The van der Waals surface area contributed by atoms with Crippen LogP contribution < -0.4 is 20.1 Å². The first kappa shape index (κ1) is 21.9. The van der Waals surface area contributed by atoms with Crippen LogP contribution >= 0.6 is 0 Å². The number of rotatable bonds is 8. The van der Waals surface area contributed by atoms with Crippen molar-refractivity contribution in [3.63, 3.8) is 0 Å². The third-order valence-corrected chi connectivity index (χ3v) is 4.89. The van der Waals surface area contributed by atoms with Gasteiger partial charge < -0.3 is 24.7 Å². The van der Waals surface area contributed by atoms with Crippen molar-refractivity contribution < 1.29 is 19.1 Å². The number of imidazole rings is 1. The van der Waals surface area contributed by atoms with Gasteiger partial charge in [0.1, 0.15) is 29.4 Å². The van der Waals surface area contributed by atoms with Crippen molar-refractivity contribution in [3.05, 3.63) is 77.9 Å². The number of carbonyl (C=O) groups excluding carboxylic acids is 2. The van der Waals surface area contributed by atoms with Crippen LogP contribution in [-0.2, 0) is 11.8 Å². The monoisotopic (exact) mass is 422 g/mol. The van der Waals surface area contributed by atoms with Crippen molar-refractivity contribution in [3.8, 4) is 11.5 Å². The number of nitrogens with zero attached hydrogens (tertiary/aromatic N) is 2. The third kappa shape index (κ3) is 5.22. The van der Waals surface area contributed by atoms with Crippen molar-refractivity contribution in [2.24, 2.45) is 7.05 Å². The molecule has 8 heteroatoms. The van der Waals surface area contributed by atoms with Crippen LogP contribution in [-0.4, -0.2) is 41.6 Å². The molecule has 0 aliphatic rings. The molecule has 0 saturated heterocycles. The Kier molecular flexibility index (Phi) is 6.92. The lowest BCUT2D eigenvalue weighted by Crippen LogP contribution is -2.46. The summed E-state index contributed by atoms with van der Waals surface area (Å²) in [6.07, 6.45) is 3.46. The van der Waals surface area contributed by atoms with Crippen LogP contribution in [0.1, 0.15) is 34.7 Å². The number of hydrogen-bond acceptors (Lipinski definition) is 5. The first-order valence-corrected chi connectivity index (χ1v) is 9.79. The quantitative estimate of drug-likeness (QED) is 0.582. The van der Waals surface area contributed by atoms with E-state index in [4.69, 9.17) is 9.47 Å². The van der Waals surface area contributed by atoms with Crippen molar-refractivity contribution in [2.45, 2.75) is 19.0 Å². The van der Waals surface area contributed by atoms with Crippen LogP contribution in [0.25, 0.3) is 0 Å².